The zero-order valence-corrected chi connectivity index (χ0v) is 16.4. The molecule has 2 N–H and O–H groups in total. The number of carbonyl (C=O) groups excluding carboxylic acids is 1. The molecule has 2 aromatic rings. The lowest BCUT2D eigenvalue weighted by molar-refractivity contribution is -0.116. The van der Waals surface area contributed by atoms with Crippen LogP contribution in [0.5, 0.6) is 0 Å². The number of benzene rings is 2. The van der Waals surface area contributed by atoms with Gasteiger partial charge in [-0.2, -0.15) is 0 Å². The van der Waals surface area contributed by atoms with E-state index in [1.54, 1.807) is 18.2 Å². The van der Waals surface area contributed by atoms with E-state index in [0.29, 0.717) is 30.0 Å². The molecule has 0 aliphatic rings. The van der Waals surface area contributed by atoms with Gasteiger partial charge in [-0.1, -0.05) is 36.7 Å². The third kappa shape index (κ3) is 5.83. The van der Waals surface area contributed by atoms with E-state index in [0.717, 1.165) is 5.56 Å². The van der Waals surface area contributed by atoms with E-state index >= 15 is 0 Å². The lowest BCUT2D eigenvalue weighted by atomic mass is 10.1. The number of carbonyl (C=O) groups is 1. The monoisotopic (exact) mass is 394 g/mol. The van der Waals surface area contributed by atoms with Crippen LogP contribution in [0.3, 0.4) is 0 Å². The van der Waals surface area contributed by atoms with Crippen LogP contribution in [0.15, 0.2) is 53.4 Å². The fraction of sp³-hybridized carbons (Fsp3) is 0.316. The highest BCUT2D eigenvalue weighted by Crippen LogP contribution is 2.18. The van der Waals surface area contributed by atoms with Crippen LogP contribution in [0.1, 0.15) is 32.3 Å². The topological polar surface area (TPSA) is 75.3 Å². The second-order valence-electron chi connectivity index (χ2n) is 6.09. The highest BCUT2D eigenvalue weighted by atomic mass is 35.5. The van der Waals surface area contributed by atoms with Crippen molar-refractivity contribution in [2.24, 2.45) is 0 Å². The van der Waals surface area contributed by atoms with Gasteiger partial charge < -0.3 is 5.32 Å². The summed E-state index contributed by atoms with van der Waals surface area (Å²) < 4.78 is 27.0. The molecule has 0 saturated carbocycles. The minimum absolute atomic E-state index is 0.135. The molecule has 1 atom stereocenters. The van der Waals surface area contributed by atoms with Gasteiger partial charge in [0.2, 0.25) is 15.9 Å². The molecule has 5 nitrogen and oxygen atoms in total. The highest BCUT2D eigenvalue weighted by molar-refractivity contribution is 7.89. The number of amides is 1. The molecule has 1 amide bonds. The first-order chi connectivity index (χ1) is 12.3. The van der Waals surface area contributed by atoms with Gasteiger partial charge in [-0.15, -0.1) is 0 Å². The summed E-state index contributed by atoms with van der Waals surface area (Å²) in [5.41, 5.74) is 1.47. The largest absolute Gasteiger partial charge is 0.326 e. The molecule has 7 heteroatoms. The molecule has 0 aliphatic heterocycles. The van der Waals surface area contributed by atoms with Crippen LogP contribution >= 0.6 is 11.6 Å². The first-order valence-electron chi connectivity index (χ1n) is 8.47. The molecule has 2 aromatic carbocycles. The van der Waals surface area contributed by atoms with Crippen molar-refractivity contribution < 1.29 is 13.2 Å². The number of hydrogen-bond donors (Lipinski definition) is 2. The Hall–Kier alpha value is -1.89. The van der Waals surface area contributed by atoms with Gasteiger partial charge in [0.25, 0.3) is 0 Å². The Morgan fingerprint density at radius 1 is 1.12 bits per heavy atom. The Morgan fingerprint density at radius 3 is 2.38 bits per heavy atom. The summed E-state index contributed by atoms with van der Waals surface area (Å²) in [6.07, 6.45) is 1.54. The summed E-state index contributed by atoms with van der Waals surface area (Å²) in [7, 11) is -3.55. The van der Waals surface area contributed by atoms with Gasteiger partial charge in [0.1, 0.15) is 0 Å². The standard InChI is InChI=1S/C19H23ClN2O3S/c1-3-14(2)22-26(24,25)17-11-9-16(10-12-17)21-19(23)13-8-15-6-4-5-7-18(15)20/h4-7,9-12,14,22H,3,8,13H2,1-2H3,(H,21,23). The number of hydrogen-bond acceptors (Lipinski definition) is 3. The van der Waals surface area contributed by atoms with E-state index in [4.69, 9.17) is 11.6 Å². The Morgan fingerprint density at radius 2 is 1.77 bits per heavy atom. The van der Waals surface area contributed by atoms with E-state index in [1.165, 1.54) is 12.1 Å². The molecule has 0 fully saturated rings. The average Bonchev–Trinajstić information content (AvgIpc) is 2.61. The molecular weight excluding hydrogens is 372 g/mol. The zero-order valence-electron chi connectivity index (χ0n) is 14.8. The second kappa shape index (κ2) is 9.16. The van der Waals surface area contributed by atoms with E-state index in [2.05, 4.69) is 10.0 Å². The van der Waals surface area contributed by atoms with Crippen molar-refractivity contribution >= 4 is 33.2 Å². The SMILES string of the molecule is CCC(C)NS(=O)(=O)c1ccc(NC(=O)CCc2ccccc2Cl)cc1. The van der Waals surface area contributed by atoms with Crippen molar-refractivity contribution in [2.45, 2.75) is 44.0 Å². The lowest BCUT2D eigenvalue weighted by Crippen LogP contribution is -2.31. The predicted octanol–water partition coefficient (Wildman–Crippen LogP) is 3.99. The molecule has 0 spiro atoms. The van der Waals surface area contributed by atoms with Crippen molar-refractivity contribution in [3.8, 4) is 0 Å². The summed E-state index contributed by atoms with van der Waals surface area (Å²) in [5, 5.41) is 3.41. The number of halogens is 1. The van der Waals surface area contributed by atoms with E-state index in [1.807, 2.05) is 32.0 Å². The molecule has 0 radical (unpaired) electrons. The van der Waals surface area contributed by atoms with Gasteiger partial charge in [0, 0.05) is 23.2 Å². The highest BCUT2D eigenvalue weighted by Gasteiger charge is 2.16. The van der Waals surface area contributed by atoms with Crippen molar-refractivity contribution in [3.63, 3.8) is 0 Å². The van der Waals surface area contributed by atoms with Crippen LogP contribution in [0.25, 0.3) is 0 Å². The number of nitrogens with one attached hydrogen (secondary N) is 2. The Bertz CT molecular complexity index is 851. The maximum absolute atomic E-state index is 12.2. The van der Waals surface area contributed by atoms with Crippen LogP contribution in [0.2, 0.25) is 5.02 Å². The second-order valence-corrected chi connectivity index (χ2v) is 8.22. The van der Waals surface area contributed by atoms with Gasteiger partial charge in [-0.3, -0.25) is 4.79 Å². The van der Waals surface area contributed by atoms with Gasteiger partial charge in [0.05, 0.1) is 4.90 Å². The Labute approximate surface area is 159 Å². The molecular formula is C19H23ClN2O3S. The number of aryl methyl sites for hydroxylation is 1. The molecule has 2 rings (SSSR count). The molecule has 1 unspecified atom stereocenters. The van der Waals surface area contributed by atoms with Gasteiger partial charge in [-0.05, 0) is 55.7 Å². The van der Waals surface area contributed by atoms with Crippen LogP contribution in [0, 0.1) is 0 Å². The smallest absolute Gasteiger partial charge is 0.240 e. The van der Waals surface area contributed by atoms with Gasteiger partial charge in [0.15, 0.2) is 0 Å². The fourth-order valence-electron chi connectivity index (χ4n) is 2.31. The van der Waals surface area contributed by atoms with Gasteiger partial charge in [-0.25, -0.2) is 13.1 Å². The number of sulfonamides is 1. The normalized spacial score (nSPS) is 12.6. The summed E-state index contributed by atoms with van der Waals surface area (Å²) in [6.45, 7) is 3.72. The summed E-state index contributed by atoms with van der Waals surface area (Å²) in [6, 6.07) is 13.4. The molecule has 0 aromatic heterocycles. The van der Waals surface area contributed by atoms with Crippen molar-refractivity contribution in [3.05, 3.63) is 59.1 Å². The zero-order chi connectivity index (χ0) is 19.2. The van der Waals surface area contributed by atoms with E-state index in [9.17, 15) is 13.2 Å². The molecule has 26 heavy (non-hydrogen) atoms. The predicted molar refractivity (Wildman–Crippen MR) is 105 cm³/mol. The van der Waals surface area contributed by atoms with Crippen LogP contribution in [-0.2, 0) is 21.2 Å². The molecule has 0 heterocycles. The first-order valence-corrected chi connectivity index (χ1v) is 10.3. The average molecular weight is 395 g/mol. The van der Waals surface area contributed by atoms with Crippen molar-refractivity contribution in [1.29, 1.82) is 0 Å². The lowest BCUT2D eigenvalue weighted by Gasteiger charge is -2.12. The Kier molecular flexibility index (Phi) is 7.20. The molecule has 0 bridgehead atoms. The maximum Gasteiger partial charge on any atom is 0.240 e. The molecule has 0 aliphatic carbocycles. The fourth-order valence-corrected chi connectivity index (χ4v) is 3.86. The van der Waals surface area contributed by atoms with Crippen molar-refractivity contribution in [2.75, 3.05) is 5.32 Å². The molecule has 0 saturated heterocycles. The summed E-state index contributed by atoms with van der Waals surface area (Å²) in [5.74, 6) is -0.154. The number of anilines is 1. The van der Waals surface area contributed by atoms with Crippen LogP contribution in [0.4, 0.5) is 5.69 Å². The van der Waals surface area contributed by atoms with Crippen LogP contribution in [-0.4, -0.2) is 20.4 Å². The third-order valence-electron chi connectivity index (χ3n) is 4.00. The van der Waals surface area contributed by atoms with E-state index in [-0.39, 0.29) is 16.8 Å². The maximum atomic E-state index is 12.2. The third-order valence-corrected chi connectivity index (χ3v) is 5.97. The minimum atomic E-state index is -3.55. The molecule has 140 valence electrons. The van der Waals surface area contributed by atoms with Crippen LogP contribution < -0.4 is 10.0 Å². The summed E-state index contributed by atoms with van der Waals surface area (Å²) in [4.78, 5) is 12.3. The number of rotatable bonds is 8. The first kappa shape index (κ1) is 20.4. The summed E-state index contributed by atoms with van der Waals surface area (Å²) >= 11 is 6.08. The van der Waals surface area contributed by atoms with Gasteiger partial charge >= 0.3 is 0 Å². The van der Waals surface area contributed by atoms with Crippen molar-refractivity contribution in [1.82, 2.24) is 4.72 Å². The quantitative estimate of drug-likeness (QED) is 0.710. The Balaban J connectivity index is 1.94. The van der Waals surface area contributed by atoms with E-state index < -0.39 is 10.0 Å². The minimum Gasteiger partial charge on any atom is -0.326 e.